The topological polar surface area (TPSA) is 52.5 Å². The molecule has 3 nitrogen and oxygen atoms in total. The first-order chi connectivity index (χ1) is 9.71. The SMILES string of the molecule is CC1(C)CCC(O)(CNCc2cc(Br)c(O)c(Br)c2)CC1. The average molecular weight is 421 g/mol. The smallest absolute Gasteiger partial charge is 0.143 e. The Hall–Kier alpha value is -0.100. The van der Waals surface area contributed by atoms with Gasteiger partial charge in [-0.15, -0.1) is 0 Å². The van der Waals surface area contributed by atoms with E-state index < -0.39 is 5.60 Å². The molecule has 0 spiro atoms. The summed E-state index contributed by atoms with van der Waals surface area (Å²) in [5.74, 6) is 0.215. The number of hydrogen-bond donors (Lipinski definition) is 3. The maximum atomic E-state index is 10.6. The molecule has 0 amide bonds. The molecule has 1 aromatic rings. The number of phenols is 1. The Morgan fingerprint density at radius 1 is 1.10 bits per heavy atom. The summed E-state index contributed by atoms with van der Waals surface area (Å²) in [7, 11) is 0. The third-order valence-corrected chi connectivity index (χ3v) is 5.60. The van der Waals surface area contributed by atoms with Crippen molar-refractivity contribution < 1.29 is 10.2 Å². The molecule has 0 unspecified atom stereocenters. The molecule has 0 aliphatic heterocycles. The zero-order chi connectivity index (χ0) is 15.7. The number of nitrogens with one attached hydrogen (secondary N) is 1. The second-order valence-electron chi connectivity index (χ2n) is 6.90. The van der Waals surface area contributed by atoms with E-state index in [2.05, 4.69) is 51.0 Å². The highest BCUT2D eigenvalue weighted by molar-refractivity contribution is 9.11. The summed E-state index contributed by atoms with van der Waals surface area (Å²) in [6.07, 6.45) is 3.86. The molecule has 0 saturated heterocycles. The third kappa shape index (κ3) is 4.68. The molecule has 0 radical (unpaired) electrons. The number of hydrogen-bond acceptors (Lipinski definition) is 3. The Labute approximate surface area is 143 Å². The van der Waals surface area contributed by atoms with Crippen LogP contribution < -0.4 is 5.32 Å². The lowest BCUT2D eigenvalue weighted by atomic mass is 9.71. The van der Waals surface area contributed by atoms with Crippen LogP contribution in [-0.2, 0) is 6.54 Å². The van der Waals surface area contributed by atoms with Gasteiger partial charge in [-0.1, -0.05) is 13.8 Å². The van der Waals surface area contributed by atoms with Crippen LogP contribution in [0.2, 0.25) is 0 Å². The van der Waals surface area contributed by atoms with E-state index in [0.29, 0.717) is 27.4 Å². The van der Waals surface area contributed by atoms with Crippen molar-refractivity contribution in [2.24, 2.45) is 5.41 Å². The second-order valence-corrected chi connectivity index (χ2v) is 8.61. The van der Waals surface area contributed by atoms with E-state index in [1.807, 2.05) is 12.1 Å². The Balaban J connectivity index is 1.87. The molecule has 0 aromatic heterocycles. The van der Waals surface area contributed by atoms with Crippen molar-refractivity contribution in [3.05, 3.63) is 26.6 Å². The summed E-state index contributed by atoms with van der Waals surface area (Å²) in [6.45, 7) is 5.82. The Morgan fingerprint density at radius 2 is 1.62 bits per heavy atom. The van der Waals surface area contributed by atoms with E-state index in [4.69, 9.17) is 0 Å². The van der Waals surface area contributed by atoms with Gasteiger partial charge in [0.2, 0.25) is 0 Å². The maximum absolute atomic E-state index is 10.6. The summed E-state index contributed by atoms with van der Waals surface area (Å²) in [6, 6.07) is 3.78. The van der Waals surface area contributed by atoms with Crippen LogP contribution in [0.5, 0.6) is 5.75 Å². The van der Waals surface area contributed by atoms with Crippen LogP contribution in [0, 0.1) is 5.41 Å². The first kappa shape index (κ1) is 17.3. The van der Waals surface area contributed by atoms with Gasteiger partial charge in [0.1, 0.15) is 5.75 Å². The van der Waals surface area contributed by atoms with E-state index in [0.717, 1.165) is 31.2 Å². The zero-order valence-electron chi connectivity index (χ0n) is 12.5. The molecule has 0 atom stereocenters. The molecule has 2 rings (SSSR count). The van der Waals surface area contributed by atoms with E-state index in [9.17, 15) is 10.2 Å². The maximum Gasteiger partial charge on any atom is 0.143 e. The van der Waals surface area contributed by atoms with Gasteiger partial charge in [-0.2, -0.15) is 0 Å². The van der Waals surface area contributed by atoms with Crippen LogP contribution >= 0.6 is 31.9 Å². The molecular formula is C16H23Br2NO2. The fourth-order valence-corrected chi connectivity index (χ4v) is 4.01. The molecule has 1 aromatic carbocycles. The number of halogens is 2. The van der Waals surface area contributed by atoms with Crippen molar-refractivity contribution >= 4 is 31.9 Å². The molecule has 0 bridgehead atoms. The van der Waals surface area contributed by atoms with Crippen LogP contribution in [0.3, 0.4) is 0 Å². The molecule has 3 N–H and O–H groups in total. The summed E-state index contributed by atoms with van der Waals surface area (Å²) >= 11 is 6.66. The quantitative estimate of drug-likeness (QED) is 0.679. The lowest BCUT2D eigenvalue weighted by Gasteiger charge is -2.40. The standard InChI is InChI=1S/C16H23Br2NO2/c1-15(2)3-5-16(21,6-4-15)10-19-9-11-7-12(17)14(20)13(18)8-11/h7-8,19-21H,3-6,9-10H2,1-2H3. The number of rotatable bonds is 4. The Morgan fingerprint density at radius 3 is 2.14 bits per heavy atom. The molecule has 21 heavy (non-hydrogen) atoms. The Kier molecular flexibility index (Phi) is 5.40. The van der Waals surface area contributed by atoms with Gasteiger partial charge in [-0.25, -0.2) is 0 Å². The van der Waals surface area contributed by atoms with Crippen LogP contribution in [-0.4, -0.2) is 22.4 Å². The minimum absolute atomic E-state index is 0.215. The highest BCUT2D eigenvalue weighted by Crippen LogP contribution is 2.40. The minimum atomic E-state index is -0.582. The predicted octanol–water partition coefficient (Wildman–Crippen LogP) is 4.34. The molecule has 1 fully saturated rings. The van der Waals surface area contributed by atoms with Gasteiger partial charge in [-0.05, 0) is 80.7 Å². The lowest BCUT2D eigenvalue weighted by molar-refractivity contribution is -0.0245. The molecule has 118 valence electrons. The van der Waals surface area contributed by atoms with E-state index in [-0.39, 0.29) is 5.75 Å². The highest BCUT2D eigenvalue weighted by atomic mass is 79.9. The summed E-state index contributed by atoms with van der Waals surface area (Å²) in [5, 5.41) is 23.6. The van der Waals surface area contributed by atoms with Gasteiger partial charge in [0.05, 0.1) is 14.5 Å². The fraction of sp³-hybridized carbons (Fsp3) is 0.625. The lowest BCUT2D eigenvalue weighted by Crippen LogP contribution is -2.44. The van der Waals surface area contributed by atoms with Crippen LogP contribution in [0.4, 0.5) is 0 Å². The Bertz CT molecular complexity index is 484. The number of benzene rings is 1. The van der Waals surface area contributed by atoms with E-state index >= 15 is 0 Å². The molecule has 1 saturated carbocycles. The van der Waals surface area contributed by atoms with Gasteiger partial charge < -0.3 is 15.5 Å². The van der Waals surface area contributed by atoms with Gasteiger partial charge in [0, 0.05) is 13.1 Å². The molecule has 1 aliphatic carbocycles. The number of aromatic hydroxyl groups is 1. The van der Waals surface area contributed by atoms with Crippen LogP contribution in [0.1, 0.15) is 45.1 Å². The first-order valence-electron chi connectivity index (χ1n) is 7.31. The van der Waals surface area contributed by atoms with E-state index in [1.54, 1.807) is 0 Å². The summed E-state index contributed by atoms with van der Waals surface area (Å²) in [5.41, 5.74) is 0.839. The average Bonchev–Trinajstić information content (AvgIpc) is 2.40. The molecule has 1 aliphatic rings. The van der Waals surface area contributed by atoms with Gasteiger partial charge in [0.25, 0.3) is 0 Å². The number of aliphatic hydroxyl groups is 1. The molecule has 5 heteroatoms. The normalized spacial score (nSPS) is 20.4. The van der Waals surface area contributed by atoms with Crippen molar-refractivity contribution in [2.75, 3.05) is 6.54 Å². The van der Waals surface area contributed by atoms with Crippen molar-refractivity contribution in [3.63, 3.8) is 0 Å². The van der Waals surface area contributed by atoms with Gasteiger partial charge >= 0.3 is 0 Å². The predicted molar refractivity (Wildman–Crippen MR) is 92.4 cm³/mol. The van der Waals surface area contributed by atoms with E-state index in [1.165, 1.54) is 0 Å². The van der Waals surface area contributed by atoms with Crippen molar-refractivity contribution in [1.82, 2.24) is 5.32 Å². The van der Waals surface area contributed by atoms with Gasteiger partial charge in [-0.3, -0.25) is 0 Å². The molecular weight excluding hydrogens is 398 g/mol. The van der Waals surface area contributed by atoms with Crippen molar-refractivity contribution in [3.8, 4) is 5.75 Å². The first-order valence-corrected chi connectivity index (χ1v) is 8.89. The van der Waals surface area contributed by atoms with Crippen molar-refractivity contribution in [1.29, 1.82) is 0 Å². The number of phenolic OH excluding ortho intramolecular Hbond substituents is 1. The summed E-state index contributed by atoms with van der Waals surface area (Å²) in [4.78, 5) is 0. The third-order valence-electron chi connectivity index (χ3n) is 4.39. The fourth-order valence-electron chi connectivity index (χ4n) is 2.73. The molecule has 0 heterocycles. The minimum Gasteiger partial charge on any atom is -0.506 e. The highest BCUT2D eigenvalue weighted by Gasteiger charge is 2.36. The van der Waals surface area contributed by atoms with Crippen LogP contribution in [0.25, 0.3) is 0 Å². The largest absolute Gasteiger partial charge is 0.506 e. The second kappa shape index (κ2) is 6.57. The van der Waals surface area contributed by atoms with Crippen LogP contribution in [0.15, 0.2) is 21.1 Å². The zero-order valence-corrected chi connectivity index (χ0v) is 15.7. The van der Waals surface area contributed by atoms with Crippen molar-refractivity contribution in [2.45, 2.75) is 51.7 Å². The summed E-state index contributed by atoms with van der Waals surface area (Å²) < 4.78 is 1.35. The monoisotopic (exact) mass is 419 g/mol. The van der Waals surface area contributed by atoms with Gasteiger partial charge in [0.15, 0.2) is 0 Å².